The van der Waals surface area contributed by atoms with Crippen molar-refractivity contribution in [2.45, 2.75) is 353 Å². The minimum atomic E-state index is -1.07. The van der Waals surface area contributed by atoms with Crippen LogP contribution in [0.1, 0.15) is 335 Å². The average molecular weight is 879 g/mol. The number of amides is 1. The van der Waals surface area contributed by atoms with Gasteiger partial charge in [-0.1, -0.05) is 322 Å². The Morgan fingerprint density at radius 3 is 0.726 bits per heavy atom. The highest BCUT2D eigenvalue weighted by Crippen LogP contribution is 2.19. The maximum atomic E-state index is 12.6. The topological polar surface area (TPSA) is 89.8 Å². The lowest BCUT2D eigenvalue weighted by atomic mass is 10.0. The molecule has 0 aromatic carbocycles. The fourth-order valence-electron chi connectivity index (χ4n) is 9.49. The molecule has 0 radical (unpaired) electrons. The molecule has 0 heterocycles. The van der Waals surface area contributed by atoms with Gasteiger partial charge in [-0.25, -0.2) is 0 Å². The van der Waals surface area contributed by atoms with E-state index in [0.29, 0.717) is 12.8 Å². The fraction of sp³-hybridized carbons (Fsp3) is 0.982. The van der Waals surface area contributed by atoms with E-state index >= 15 is 0 Å². The van der Waals surface area contributed by atoms with Crippen molar-refractivity contribution in [1.29, 1.82) is 0 Å². The standard InChI is InChI=1S/C57H115NO4/c1-3-5-7-9-11-13-15-17-19-21-23-25-27-28-30-31-33-35-37-39-41-43-45-47-49-51-55(60)54(53-59)58-57(62)56(61)52-50-48-46-44-42-40-38-36-34-32-29-26-24-22-20-18-16-14-12-10-8-6-4-2/h54-56,59-61H,3-53H2,1-2H3,(H,58,62). The zero-order chi connectivity index (χ0) is 45.1. The summed E-state index contributed by atoms with van der Waals surface area (Å²) >= 11 is 0. The van der Waals surface area contributed by atoms with Crippen LogP contribution in [0.15, 0.2) is 0 Å². The summed E-state index contributed by atoms with van der Waals surface area (Å²) < 4.78 is 0. The Bertz CT molecular complexity index is 838. The van der Waals surface area contributed by atoms with E-state index in [4.69, 9.17) is 0 Å². The molecule has 1 amide bonds. The van der Waals surface area contributed by atoms with Crippen molar-refractivity contribution in [1.82, 2.24) is 5.32 Å². The quantitative estimate of drug-likeness (QED) is 0.0458. The maximum Gasteiger partial charge on any atom is 0.249 e. The second-order valence-electron chi connectivity index (χ2n) is 20.2. The molecule has 5 nitrogen and oxygen atoms in total. The molecule has 0 saturated heterocycles. The first-order chi connectivity index (χ1) is 30.6. The Kier molecular flexibility index (Phi) is 52.4. The van der Waals surface area contributed by atoms with Gasteiger partial charge in [-0.05, 0) is 12.8 Å². The molecular weight excluding hydrogens is 763 g/mol. The summed E-state index contributed by atoms with van der Waals surface area (Å²) in [6.45, 7) is 4.28. The number of hydrogen-bond donors (Lipinski definition) is 4. The van der Waals surface area contributed by atoms with Crippen LogP contribution in [-0.4, -0.2) is 46.1 Å². The van der Waals surface area contributed by atoms with Gasteiger partial charge in [-0.15, -0.1) is 0 Å². The second-order valence-corrected chi connectivity index (χ2v) is 20.2. The van der Waals surface area contributed by atoms with Gasteiger partial charge in [0, 0.05) is 0 Å². The fourth-order valence-corrected chi connectivity index (χ4v) is 9.49. The van der Waals surface area contributed by atoms with Crippen molar-refractivity contribution >= 4 is 5.91 Å². The van der Waals surface area contributed by atoms with Crippen LogP contribution in [0.4, 0.5) is 0 Å². The Hall–Kier alpha value is -0.650. The van der Waals surface area contributed by atoms with Gasteiger partial charge in [0.2, 0.25) is 5.91 Å². The lowest BCUT2D eigenvalue weighted by molar-refractivity contribution is -0.131. The molecule has 0 bridgehead atoms. The summed E-state index contributed by atoms with van der Waals surface area (Å²) in [6.07, 6.45) is 64.4. The van der Waals surface area contributed by atoms with Crippen LogP contribution in [0.2, 0.25) is 0 Å². The highest BCUT2D eigenvalue weighted by Gasteiger charge is 2.23. The molecule has 0 aliphatic rings. The summed E-state index contributed by atoms with van der Waals surface area (Å²) in [5.74, 6) is -0.461. The Labute approximate surface area is 389 Å². The Morgan fingerprint density at radius 1 is 0.323 bits per heavy atom. The van der Waals surface area contributed by atoms with Gasteiger partial charge in [-0.2, -0.15) is 0 Å². The van der Waals surface area contributed by atoms with Crippen molar-refractivity contribution in [2.75, 3.05) is 6.61 Å². The molecule has 0 aromatic rings. The zero-order valence-electron chi connectivity index (χ0n) is 42.5. The van der Waals surface area contributed by atoms with Crippen LogP contribution in [-0.2, 0) is 4.79 Å². The summed E-state index contributed by atoms with van der Waals surface area (Å²) in [7, 11) is 0. The highest BCUT2D eigenvalue weighted by atomic mass is 16.3. The molecule has 3 unspecified atom stereocenters. The summed E-state index contributed by atoms with van der Waals surface area (Å²) in [6, 6.07) is -0.708. The van der Waals surface area contributed by atoms with Gasteiger partial charge in [0.15, 0.2) is 0 Å². The number of carbonyl (C=O) groups excluding carboxylic acids is 1. The third kappa shape index (κ3) is 47.3. The van der Waals surface area contributed by atoms with E-state index in [1.165, 1.54) is 276 Å². The van der Waals surface area contributed by atoms with E-state index < -0.39 is 24.2 Å². The summed E-state index contributed by atoms with van der Waals surface area (Å²) in [5.41, 5.74) is 0. The van der Waals surface area contributed by atoms with Gasteiger partial charge < -0.3 is 20.6 Å². The van der Waals surface area contributed by atoms with E-state index in [9.17, 15) is 20.1 Å². The van der Waals surface area contributed by atoms with Gasteiger partial charge in [0.1, 0.15) is 6.10 Å². The van der Waals surface area contributed by atoms with Crippen LogP contribution < -0.4 is 5.32 Å². The molecule has 62 heavy (non-hydrogen) atoms. The van der Waals surface area contributed by atoms with Crippen molar-refractivity contribution in [3.05, 3.63) is 0 Å². The summed E-state index contributed by atoms with van der Waals surface area (Å²) in [5, 5.41) is 33.6. The molecule has 0 aliphatic heterocycles. The maximum absolute atomic E-state index is 12.6. The van der Waals surface area contributed by atoms with Gasteiger partial charge in [0.05, 0.1) is 18.8 Å². The van der Waals surface area contributed by atoms with Crippen LogP contribution in [0.25, 0.3) is 0 Å². The van der Waals surface area contributed by atoms with Crippen LogP contribution in [0.5, 0.6) is 0 Å². The number of aliphatic hydroxyl groups is 3. The minimum Gasteiger partial charge on any atom is -0.394 e. The zero-order valence-corrected chi connectivity index (χ0v) is 42.5. The first kappa shape index (κ1) is 61.4. The van der Waals surface area contributed by atoms with E-state index in [0.717, 1.165) is 32.1 Å². The predicted molar refractivity (Wildman–Crippen MR) is 273 cm³/mol. The van der Waals surface area contributed by atoms with Crippen molar-refractivity contribution in [2.24, 2.45) is 0 Å². The monoisotopic (exact) mass is 878 g/mol. The SMILES string of the molecule is CCCCCCCCCCCCCCCCCCCCCCCCCCCC(O)C(CO)NC(=O)C(O)CCCCCCCCCCCCCCCCCCCCCCCCC. The van der Waals surface area contributed by atoms with Crippen LogP contribution in [0, 0.1) is 0 Å². The van der Waals surface area contributed by atoms with Gasteiger partial charge in [0.25, 0.3) is 0 Å². The average Bonchev–Trinajstić information content (AvgIpc) is 3.28. The van der Waals surface area contributed by atoms with Crippen LogP contribution >= 0.6 is 0 Å². The third-order valence-electron chi connectivity index (χ3n) is 14.0. The van der Waals surface area contributed by atoms with Gasteiger partial charge in [-0.3, -0.25) is 4.79 Å². The first-order valence-corrected chi connectivity index (χ1v) is 28.8. The van der Waals surface area contributed by atoms with Crippen molar-refractivity contribution in [3.63, 3.8) is 0 Å². The Morgan fingerprint density at radius 2 is 0.516 bits per heavy atom. The number of aliphatic hydroxyl groups excluding tert-OH is 3. The molecule has 0 aliphatic carbocycles. The van der Waals surface area contributed by atoms with Crippen molar-refractivity contribution < 1.29 is 20.1 Å². The smallest absolute Gasteiger partial charge is 0.249 e. The predicted octanol–water partition coefficient (Wildman–Crippen LogP) is 17.7. The molecule has 0 aromatic heterocycles. The third-order valence-corrected chi connectivity index (χ3v) is 14.0. The molecule has 3 atom stereocenters. The van der Waals surface area contributed by atoms with E-state index in [2.05, 4.69) is 19.2 Å². The Balaban J connectivity index is 3.49. The lowest BCUT2D eigenvalue weighted by Gasteiger charge is -2.23. The minimum absolute atomic E-state index is 0.307. The van der Waals surface area contributed by atoms with Gasteiger partial charge >= 0.3 is 0 Å². The number of nitrogens with one attached hydrogen (secondary N) is 1. The number of carbonyl (C=O) groups is 1. The molecule has 5 heteroatoms. The molecule has 372 valence electrons. The van der Waals surface area contributed by atoms with E-state index in [-0.39, 0.29) is 6.61 Å². The number of unbranched alkanes of at least 4 members (excludes halogenated alkanes) is 46. The lowest BCUT2D eigenvalue weighted by Crippen LogP contribution is -2.49. The molecule has 0 fully saturated rings. The molecule has 0 spiro atoms. The van der Waals surface area contributed by atoms with E-state index in [1.54, 1.807) is 0 Å². The molecule has 0 rings (SSSR count). The van der Waals surface area contributed by atoms with E-state index in [1.807, 2.05) is 0 Å². The molecular formula is C57H115NO4. The molecule has 4 N–H and O–H groups in total. The first-order valence-electron chi connectivity index (χ1n) is 28.8. The number of hydrogen-bond acceptors (Lipinski definition) is 4. The highest BCUT2D eigenvalue weighted by molar-refractivity contribution is 5.80. The number of rotatable bonds is 54. The van der Waals surface area contributed by atoms with Crippen molar-refractivity contribution in [3.8, 4) is 0 Å². The largest absolute Gasteiger partial charge is 0.394 e. The summed E-state index contributed by atoms with van der Waals surface area (Å²) in [4.78, 5) is 12.6. The molecule has 0 saturated carbocycles. The van der Waals surface area contributed by atoms with Crippen LogP contribution in [0.3, 0.4) is 0 Å². The second kappa shape index (κ2) is 53.0. The normalized spacial score (nSPS) is 13.2.